The van der Waals surface area contributed by atoms with Gasteiger partial charge in [0.05, 0.1) is 12.9 Å². The summed E-state index contributed by atoms with van der Waals surface area (Å²) < 4.78 is 27.3. The van der Waals surface area contributed by atoms with Crippen molar-refractivity contribution in [3.8, 4) is 0 Å². The van der Waals surface area contributed by atoms with Crippen LogP contribution < -0.4 is 5.56 Å². The highest BCUT2D eigenvalue weighted by molar-refractivity contribution is 5.95. The Kier molecular flexibility index (Phi) is 4.93. The maximum atomic E-state index is 13.2. The maximum absolute atomic E-state index is 13.2. The van der Waals surface area contributed by atoms with E-state index < -0.39 is 17.2 Å². The Hall–Kier alpha value is -2.63. The second kappa shape index (κ2) is 6.89. The highest BCUT2D eigenvalue weighted by atomic mass is 19.2. The number of Topliss-reactive ketones (excluding diaryl/α,β-unsaturated/α-hetero) is 1. The molecule has 0 fully saturated rings. The molecule has 0 N–H and O–H groups in total. The normalized spacial score (nSPS) is 10.5. The molecule has 0 aliphatic rings. The van der Waals surface area contributed by atoms with Crippen molar-refractivity contribution in [1.29, 1.82) is 0 Å². The number of carbonyl (C=O) groups is 1. The first-order valence-corrected chi connectivity index (χ1v) is 6.65. The largest absolute Gasteiger partial charge is 0.294 e. The Morgan fingerprint density at radius 1 is 1.32 bits per heavy atom. The minimum atomic E-state index is -0.989. The first-order chi connectivity index (χ1) is 10.5. The van der Waals surface area contributed by atoms with Crippen LogP contribution in [0.15, 0.2) is 48.2 Å². The van der Waals surface area contributed by atoms with Gasteiger partial charge in [-0.15, -0.1) is 6.58 Å². The molecule has 2 rings (SSSR count). The van der Waals surface area contributed by atoms with Crippen molar-refractivity contribution >= 4 is 5.78 Å². The lowest BCUT2D eigenvalue weighted by molar-refractivity contribution is 0.0981. The number of halogens is 2. The molecule has 0 unspecified atom stereocenters. The van der Waals surface area contributed by atoms with Crippen molar-refractivity contribution in [1.82, 2.24) is 9.55 Å². The molecule has 0 amide bonds. The fourth-order valence-corrected chi connectivity index (χ4v) is 1.96. The molecule has 2 aromatic rings. The topological polar surface area (TPSA) is 52.0 Å². The van der Waals surface area contributed by atoms with Crippen LogP contribution in [0.1, 0.15) is 28.8 Å². The zero-order valence-electron chi connectivity index (χ0n) is 11.8. The van der Waals surface area contributed by atoms with E-state index in [9.17, 15) is 18.4 Å². The predicted molar refractivity (Wildman–Crippen MR) is 77.7 cm³/mol. The summed E-state index contributed by atoms with van der Waals surface area (Å²) in [5.74, 6) is -2.27. The molecule has 0 saturated carbocycles. The molecular weight excluding hydrogens is 290 g/mol. The van der Waals surface area contributed by atoms with Gasteiger partial charge in [-0.05, 0) is 24.1 Å². The molecule has 1 aromatic carbocycles. The van der Waals surface area contributed by atoms with Crippen molar-refractivity contribution in [3.05, 3.63) is 76.5 Å². The predicted octanol–water partition coefficient (Wildman–Crippen LogP) is 2.72. The van der Waals surface area contributed by atoms with Gasteiger partial charge in [-0.25, -0.2) is 13.8 Å². The van der Waals surface area contributed by atoms with Crippen LogP contribution in [0.2, 0.25) is 0 Å². The van der Waals surface area contributed by atoms with Gasteiger partial charge < -0.3 is 0 Å². The average Bonchev–Trinajstić information content (AvgIpc) is 2.50. The van der Waals surface area contributed by atoms with Crippen molar-refractivity contribution in [2.24, 2.45) is 0 Å². The summed E-state index contributed by atoms with van der Waals surface area (Å²) in [5, 5.41) is 0. The third kappa shape index (κ3) is 3.52. The Balaban J connectivity index is 2.28. The highest BCUT2D eigenvalue weighted by Crippen LogP contribution is 2.09. The second-order valence-corrected chi connectivity index (χ2v) is 4.74. The van der Waals surface area contributed by atoms with Crippen LogP contribution in [0, 0.1) is 11.6 Å². The molecule has 0 saturated heterocycles. The number of hydrogen-bond acceptors (Lipinski definition) is 3. The third-order valence-electron chi connectivity index (χ3n) is 3.11. The van der Waals surface area contributed by atoms with E-state index in [4.69, 9.17) is 0 Å². The lowest BCUT2D eigenvalue weighted by Gasteiger charge is -2.07. The summed E-state index contributed by atoms with van der Waals surface area (Å²) >= 11 is 0. The summed E-state index contributed by atoms with van der Waals surface area (Å²) in [4.78, 5) is 28.0. The lowest BCUT2D eigenvalue weighted by atomic mass is 10.1. The lowest BCUT2D eigenvalue weighted by Crippen LogP contribution is -2.27. The Morgan fingerprint density at radius 3 is 2.77 bits per heavy atom. The molecule has 114 valence electrons. The summed E-state index contributed by atoms with van der Waals surface area (Å²) in [7, 11) is 0. The quantitative estimate of drug-likeness (QED) is 0.609. The molecule has 0 atom stereocenters. The molecular formula is C16H14F2N2O2. The van der Waals surface area contributed by atoms with Gasteiger partial charge in [0.15, 0.2) is 17.4 Å². The van der Waals surface area contributed by atoms with Crippen molar-refractivity contribution in [2.75, 3.05) is 0 Å². The summed E-state index contributed by atoms with van der Waals surface area (Å²) in [6.45, 7) is 3.53. The van der Waals surface area contributed by atoms with E-state index in [-0.39, 0.29) is 24.3 Å². The monoisotopic (exact) mass is 304 g/mol. The van der Waals surface area contributed by atoms with Crippen LogP contribution in [0.4, 0.5) is 8.78 Å². The van der Waals surface area contributed by atoms with E-state index in [1.807, 2.05) is 0 Å². The summed E-state index contributed by atoms with van der Waals surface area (Å²) in [5.41, 5.74) is -0.126. The van der Waals surface area contributed by atoms with Gasteiger partial charge in [0.2, 0.25) is 0 Å². The fourth-order valence-electron chi connectivity index (χ4n) is 1.96. The van der Waals surface area contributed by atoms with E-state index in [1.165, 1.54) is 23.2 Å². The molecule has 0 aliphatic heterocycles. The number of nitrogens with zero attached hydrogens (tertiary/aromatic N) is 2. The van der Waals surface area contributed by atoms with Gasteiger partial charge in [0.1, 0.15) is 5.56 Å². The first kappa shape index (κ1) is 15.8. The minimum absolute atomic E-state index is 0.00557. The Bertz CT molecular complexity index is 769. The van der Waals surface area contributed by atoms with Crippen LogP contribution in [-0.4, -0.2) is 15.3 Å². The van der Waals surface area contributed by atoms with Crippen molar-refractivity contribution in [2.45, 2.75) is 19.4 Å². The van der Waals surface area contributed by atoms with Gasteiger partial charge in [-0.3, -0.25) is 14.2 Å². The molecule has 1 aromatic heterocycles. The minimum Gasteiger partial charge on any atom is -0.294 e. The van der Waals surface area contributed by atoms with Gasteiger partial charge in [-0.1, -0.05) is 12.1 Å². The number of hydrogen-bond donors (Lipinski definition) is 0. The Morgan fingerprint density at radius 2 is 2.09 bits per heavy atom. The molecule has 0 radical (unpaired) electrons. The second-order valence-electron chi connectivity index (χ2n) is 4.74. The number of benzene rings is 1. The number of rotatable bonds is 6. The van der Waals surface area contributed by atoms with Crippen LogP contribution in [0.5, 0.6) is 0 Å². The summed E-state index contributed by atoms with van der Waals surface area (Å²) in [6.07, 6.45) is 4.71. The molecule has 6 heteroatoms. The van der Waals surface area contributed by atoms with E-state index in [1.54, 1.807) is 6.08 Å². The van der Waals surface area contributed by atoms with Crippen LogP contribution in [-0.2, 0) is 6.54 Å². The molecule has 0 aliphatic carbocycles. The van der Waals surface area contributed by atoms with Crippen LogP contribution in [0.3, 0.4) is 0 Å². The van der Waals surface area contributed by atoms with Crippen LogP contribution >= 0.6 is 0 Å². The fraction of sp³-hybridized carbons (Fsp3) is 0.188. The van der Waals surface area contributed by atoms with Gasteiger partial charge in [0, 0.05) is 12.6 Å². The third-order valence-corrected chi connectivity index (χ3v) is 3.11. The van der Waals surface area contributed by atoms with Gasteiger partial charge in [-0.2, -0.15) is 0 Å². The van der Waals surface area contributed by atoms with E-state index in [2.05, 4.69) is 11.6 Å². The first-order valence-electron chi connectivity index (χ1n) is 6.65. The molecule has 0 bridgehead atoms. The zero-order valence-corrected chi connectivity index (χ0v) is 11.8. The zero-order chi connectivity index (χ0) is 16.1. The van der Waals surface area contributed by atoms with Crippen LogP contribution in [0.25, 0.3) is 0 Å². The number of carbonyl (C=O) groups excluding carboxylic acids is 1. The Labute approximate surface area is 125 Å². The molecule has 1 heterocycles. The number of aromatic nitrogens is 2. The number of allylic oxidation sites excluding steroid dienone is 1. The molecule has 4 nitrogen and oxygen atoms in total. The smallest absolute Gasteiger partial charge is 0.264 e. The number of ketones is 1. The molecule has 0 spiro atoms. The van der Waals surface area contributed by atoms with Crippen molar-refractivity contribution < 1.29 is 13.6 Å². The van der Waals surface area contributed by atoms with E-state index in [0.29, 0.717) is 12.0 Å². The van der Waals surface area contributed by atoms with Gasteiger partial charge in [0.25, 0.3) is 5.56 Å². The van der Waals surface area contributed by atoms with Crippen molar-refractivity contribution in [3.63, 3.8) is 0 Å². The highest BCUT2D eigenvalue weighted by Gasteiger charge is 2.13. The molecule has 22 heavy (non-hydrogen) atoms. The maximum Gasteiger partial charge on any atom is 0.264 e. The standard InChI is InChI=1S/C16H14F2N2O2/c1-2-3-4-15(21)12-8-19-10-20(16(12)22)9-11-5-6-13(17)14(18)7-11/h2,5-8,10H,1,3-4,9H2. The van der Waals surface area contributed by atoms with E-state index >= 15 is 0 Å². The van der Waals surface area contributed by atoms with E-state index in [0.717, 1.165) is 12.1 Å². The average molecular weight is 304 g/mol. The SMILES string of the molecule is C=CCCC(=O)c1cncn(Cc2ccc(F)c(F)c2)c1=O. The summed E-state index contributed by atoms with van der Waals surface area (Å²) in [6, 6.07) is 3.37. The van der Waals surface area contributed by atoms with Gasteiger partial charge >= 0.3 is 0 Å².